The number of alkyl halides is 3. The van der Waals surface area contributed by atoms with E-state index in [-0.39, 0.29) is 50.2 Å². The number of nitrogens with two attached hydrogens (primary N) is 1. The normalized spacial score (nSPS) is 24.9. The minimum Gasteiger partial charge on any atom is -0.353 e. The maximum absolute atomic E-state index is 12.3. The van der Waals surface area contributed by atoms with Gasteiger partial charge < -0.3 is 11.1 Å². The van der Waals surface area contributed by atoms with Crippen molar-refractivity contribution in [1.29, 1.82) is 0 Å². The van der Waals surface area contributed by atoms with Crippen LogP contribution in [0.2, 0.25) is 0 Å². The molecule has 0 atom stereocenters. The minimum absolute atomic E-state index is 0. The zero-order valence-corrected chi connectivity index (χ0v) is 10.2. The van der Waals surface area contributed by atoms with Crippen LogP contribution in [-0.2, 0) is 4.79 Å². The summed E-state index contributed by atoms with van der Waals surface area (Å²) in [5, 5.41) is 2.71. The highest BCUT2D eigenvalue weighted by Gasteiger charge is 2.41. The average Bonchev–Trinajstić information content (AvgIpc) is 2.17. The molecule has 1 rings (SSSR count). The van der Waals surface area contributed by atoms with E-state index in [1.165, 1.54) is 0 Å². The molecule has 1 amide bonds. The van der Waals surface area contributed by atoms with Crippen molar-refractivity contribution in [3.63, 3.8) is 0 Å². The fraction of sp³-hybridized carbons (Fsp3) is 0.900. The van der Waals surface area contributed by atoms with E-state index in [0.717, 1.165) is 0 Å². The molecule has 0 aromatic heterocycles. The van der Waals surface area contributed by atoms with Gasteiger partial charge in [0.05, 0.1) is 5.92 Å². The molecule has 0 bridgehead atoms. The van der Waals surface area contributed by atoms with Gasteiger partial charge in [-0.15, -0.1) is 12.4 Å². The molecule has 0 aliphatic heterocycles. The lowest BCUT2D eigenvalue weighted by molar-refractivity contribution is -0.182. The first-order chi connectivity index (χ1) is 7.43. The summed E-state index contributed by atoms with van der Waals surface area (Å²) >= 11 is 0. The second kappa shape index (κ2) is 7.06. The van der Waals surface area contributed by atoms with Crippen LogP contribution >= 0.6 is 12.4 Å². The predicted octanol–water partition coefficient (Wildman–Crippen LogP) is 1.99. The second-order valence-electron chi connectivity index (χ2n) is 4.20. The molecule has 1 aliphatic rings. The largest absolute Gasteiger partial charge is 0.391 e. The molecule has 1 saturated carbocycles. The summed E-state index contributed by atoms with van der Waals surface area (Å²) in [6, 6.07) is -0.113. The summed E-state index contributed by atoms with van der Waals surface area (Å²) in [6.45, 7) is 0.268. The quantitative estimate of drug-likeness (QED) is 0.827. The Morgan fingerprint density at radius 3 is 2.18 bits per heavy atom. The van der Waals surface area contributed by atoms with Crippen LogP contribution in [0.4, 0.5) is 13.2 Å². The van der Waals surface area contributed by atoms with E-state index in [2.05, 4.69) is 5.32 Å². The Morgan fingerprint density at radius 2 is 1.76 bits per heavy atom. The monoisotopic (exact) mass is 274 g/mol. The summed E-state index contributed by atoms with van der Waals surface area (Å²) in [5.74, 6) is -1.37. The number of halogens is 4. The van der Waals surface area contributed by atoms with Crippen molar-refractivity contribution in [3.8, 4) is 0 Å². The molecule has 0 unspecified atom stereocenters. The van der Waals surface area contributed by atoms with Crippen molar-refractivity contribution >= 4 is 18.3 Å². The maximum Gasteiger partial charge on any atom is 0.391 e. The summed E-state index contributed by atoms with van der Waals surface area (Å²) < 4.78 is 37.0. The molecule has 0 aromatic carbocycles. The number of carbonyl (C=O) groups is 1. The third-order valence-electron chi connectivity index (χ3n) is 2.93. The van der Waals surface area contributed by atoms with Crippen LogP contribution < -0.4 is 11.1 Å². The van der Waals surface area contributed by atoms with Gasteiger partial charge in [0.15, 0.2) is 0 Å². The van der Waals surface area contributed by atoms with Gasteiger partial charge in [-0.1, -0.05) is 0 Å². The molecule has 0 heterocycles. The number of carbonyl (C=O) groups excluding carboxylic acids is 1. The lowest BCUT2D eigenvalue weighted by Crippen LogP contribution is -2.40. The van der Waals surface area contributed by atoms with E-state index in [0.29, 0.717) is 12.8 Å². The van der Waals surface area contributed by atoms with E-state index in [9.17, 15) is 18.0 Å². The lowest BCUT2D eigenvalue weighted by Gasteiger charge is -2.30. The molecule has 0 aromatic rings. The topological polar surface area (TPSA) is 55.1 Å². The van der Waals surface area contributed by atoms with Crippen molar-refractivity contribution < 1.29 is 18.0 Å². The molecule has 1 aliphatic carbocycles. The Bertz CT molecular complexity index is 240. The molecule has 0 radical (unpaired) electrons. The standard InChI is InChI=1S/C10H17F3N2O.ClH/c11-10(12,13)7-1-3-8(4-2-7)15-9(16)5-6-14;/h7-8H,1-6,14H2,(H,15,16);1H. The van der Waals surface area contributed by atoms with Gasteiger partial charge >= 0.3 is 6.18 Å². The van der Waals surface area contributed by atoms with E-state index >= 15 is 0 Å². The lowest BCUT2D eigenvalue weighted by atomic mass is 9.85. The Labute approximate surface area is 105 Å². The molecule has 0 saturated heterocycles. The van der Waals surface area contributed by atoms with Crippen LogP contribution in [0.1, 0.15) is 32.1 Å². The van der Waals surface area contributed by atoms with Crippen molar-refractivity contribution in [2.24, 2.45) is 11.7 Å². The van der Waals surface area contributed by atoms with Crippen molar-refractivity contribution in [3.05, 3.63) is 0 Å². The van der Waals surface area contributed by atoms with E-state index in [1.807, 2.05) is 0 Å². The van der Waals surface area contributed by atoms with Gasteiger partial charge in [-0.3, -0.25) is 4.79 Å². The molecule has 7 heteroatoms. The number of rotatable bonds is 3. The van der Waals surface area contributed by atoms with Gasteiger partial charge in [-0.05, 0) is 25.7 Å². The summed E-state index contributed by atoms with van der Waals surface area (Å²) in [5.41, 5.74) is 5.20. The summed E-state index contributed by atoms with van der Waals surface area (Å²) in [4.78, 5) is 11.2. The second-order valence-corrected chi connectivity index (χ2v) is 4.20. The van der Waals surface area contributed by atoms with Gasteiger partial charge in [0, 0.05) is 19.0 Å². The molecule has 3 nitrogen and oxygen atoms in total. The number of nitrogens with one attached hydrogen (secondary N) is 1. The van der Waals surface area contributed by atoms with Crippen LogP contribution in [0.3, 0.4) is 0 Å². The Hall–Kier alpha value is -0.490. The smallest absolute Gasteiger partial charge is 0.353 e. The van der Waals surface area contributed by atoms with Crippen LogP contribution in [0, 0.1) is 5.92 Å². The highest BCUT2D eigenvalue weighted by Crippen LogP contribution is 2.37. The van der Waals surface area contributed by atoms with Crippen LogP contribution in [0.25, 0.3) is 0 Å². The maximum atomic E-state index is 12.3. The first-order valence-corrected chi connectivity index (χ1v) is 5.49. The zero-order valence-electron chi connectivity index (χ0n) is 9.43. The van der Waals surface area contributed by atoms with Gasteiger partial charge in [-0.25, -0.2) is 0 Å². The highest BCUT2D eigenvalue weighted by molar-refractivity contribution is 5.85. The van der Waals surface area contributed by atoms with Crippen LogP contribution in [0.15, 0.2) is 0 Å². The molecular weight excluding hydrogens is 257 g/mol. The Balaban J connectivity index is 0.00000256. The van der Waals surface area contributed by atoms with Gasteiger partial charge in [0.25, 0.3) is 0 Å². The van der Waals surface area contributed by atoms with Gasteiger partial charge in [-0.2, -0.15) is 13.2 Å². The Morgan fingerprint density at radius 1 is 1.24 bits per heavy atom. The highest BCUT2D eigenvalue weighted by atomic mass is 35.5. The molecule has 3 N–H and O–H groups in total. The molecular formula is C10H18ClF3N2O. The molecule has 102 valence electrons. The van der Waals surface area contributed by atoms with Gasteiger partial charge in [0.2, 0.25) is 5.91 Å². The van der Waals surface area contributed by atoms with E-state index < -0.39 is 12.1 Å². The fourth-order valence-corrected chi connectivity index (χ4v) is 2.00. The third-order valence-corrected chi connectivity index (χ3v) is 2.93. The number of hydrogen-bond acceptors (Lipinski definition) is 2. The van der Waals surface area contributed by atoms with E-state index in [1.54, 1.807) is 0 Å². The number of amides is 1. The minimum atomic E-state index is -4.09. The molecule has 0 spiro atoms. The van der Waals surface area contributed by atoms with Crippen molar-refractivity contribution in [2.45, 2.75) is 44.3 Å². The fourth-order valence-electron chi connectivity index (χ4n) is 2.00. The van der Waals surface area contributed by atoms with Crippen molar-refractivity contribution in [1.82, 2.24) is 5.32 Å². The van der Waals surface area contributed by atoms with Crippen LogP contribution in [0.5, 0.6) is 0 Å². The summed E-state index contributed by atoms with van der Waals surface area (Å²) in [7, 11) is 0. The molecule has 1 fully saturated rings. The predicted molar refractivity (Wildman–Crippen MR) is 60.9 cm³/mol. The first-order valence-electron chi connectivity index (χ1n) is 5.49. The number of hydrogen-bond donors (Lipinski definition) is 2. The summed E-state index contributed by atoms with van der Waals surface area (Å²) in [6.07, 6.45) is -2.83. The van der Waals surface area contributed by atoms with E-state index in [4.69, 9.17) is 5.73 Å². The SMILES string of the molecule is Cl.NCCC(=O)NC1CCC(C(F)(F)F)CC1. The third kappa shape index (κ3) is 5.59. The average molecular weight is 275 g/mol. The van der Waals surface area contributed by atoms with Gasteiger partial charge in [0.1, 0.15) is 0 Å². The Kier molecular flexibility index (Phi) is 6.85. The zero-order chi connectivity index (χ0) is 12.2. The molecule has 17 heavy (non-hydrogen) atoms. The van der Waals surface area contributed by atoms with Crippen LogP contribution in [-0.4, -0.2) is 24.7 Å². The van der Waals surface area contributed by atoms with Crippen molar-refractivity contribution in [2.75, 3.05) is 6.54 Å². The first kappa shape index (κ1) is 16.5.